The molecule has 146 valence electrons. The molecule has 0 saturated carbocycles. The smallest absolute Gasteiger partial charge is 0.321 e. The molecule has 4 rings (SSSR count). The lowest BCUT2D eigenvalue weighted by Crippen LogP contribution is -2.63. The van der Waals surface area contributed by atoms with Crippen molar-refractivity contribution in [2.24, 2.45) is 4.99 Å². The molecule has 1 saturated heterocycles. The fourth-order valence-corrected chi connectivity index (χ4v) is 3.78. The number of amides is 3. The van der Waals surface area contributed by atoms with E-state index in [1.54, 1.807) is 11.7 Å². The van der Waals surface area contributed by atoms with Crippen molar-refractivity contribution in [3.63, 3.8) is 0 Å². The first-order valence-corrected chi connectivity index (χ1v) is 9.28. The summed E-state index contributed by atoms with van der Waals surface area (Å²) < 4.78 is 1.78. The second-order valence-electron chi connectivity index (χ2n) is 7.52. The molecular formula is C20H24N6O2. The monoisotopic (exact) mass is 380 g/mol. The van der Waals surface area contributed by atoms with Crippen LogP contribution in [0.1, 0.15) is 28.1 Å². The zero-order valence-corrected chi connectivity index (χ0v) is 16.7. The van der Waals surface area contributed by atoms with Crippen LogP contribution in [0.2, 0.25) is 0 Å². The lowest BCUT2D eigenvalue weighted by Gasteiger charge is -2.36. The number of imide groups is 1. The molecule has 8 nitrogen and oxygen atoms in total. The quantitative estimate of drug-likeness (QED) is 0.860. The van der Waals surface area contributed by atoms with Crippen LogP contribution >= 0.6 is 0 Å². The van der Waals surface area contributed by atoms with Gasteiger partial charge in [0.25, 0.3) is 5.91 Å². The summed E-state index contributed by atoms with van der Waals surface area (Å²) in [4.78, 5) is 33.0. The molecule has 0 radical (unpaired) electrons. The van der Waals surface area contributed by atoms with Gasteiger partial charge in [-0.25, -0.2) is 14.5 Å². The van der Waals surface area contributed by atoms with Crippen molar-refractivity contribution in [1.29, 1.82) is 0 Å². The van der Waals surface area contributed by atoms with Crippen molar-refractivity contribution in [3.8, 4) is 0 Å². The number of aromatic nitrogens is 2. The van der Waals surface area contributed by atoms with E-state index in [0.717, 1.165) is 28.1 Å². The molecule has 28 heavy (non-hydrogen) atoms. The predicted molar refractivity (Wildman–Crippen MR) is 105 cm³/mol. The molecule has 2 atom stereocenters. The number of hydrogen-bond acceptors (Lipinski definition) is 5. The van der Waals surface area contributed by atoms with Gasteiger partial charge in [0.15, 0.2) is 12.2 Å². The maximum atomic E-state index is 12.7. The van der Waals surface area contributed by atoms with E-state index >= 15 is 0 Å². The lowest BCUT2D eigenvalue weighted by atomic mass is 10.1. The maximum Gasteiger partial charge on any atom is 0.325 e. The third-order valence-corrected chi connectivity index (χ3v) is 5.62. The third-order valence-electron chi connectivity index (χ3n) is 5.62. The van der Waals surface area contributed by atoms with E-state index < -0.39 is 18.2 Å². The van der Waals surface area contributed by atoms with Gasteiger partial charge >= 0.3 is 6.03 Å². The summed E-state index contributed by atoms with van der Waals surface area (Å²) in [6.07, 6.45) is -0.578. The number of carbonyl (C=O) groups is 2. The predicted octanol–water partition coefficient (Wildman–Crippen LogP) is 1.71. The second kappa shape index (κ2) is 6.47. The van der Waals surface area contributed by atoms with Crippen LogP contribution in [0.15, 0.2) is 29.3 Å². The minimum Gasteiger partial charge on any atom is -0.321 e. The summed E-state index contributed by atoms with van der Waals surface area (Å²) in [6, 6.07) is 7.13. The summed E-state index contributed by atoms with van der Waals surface area (Å²) in [5.74, 6) is 0.250. The number of hydrogen-bond donors (Lipinski definition) is 1. The number of aryl methyl sites for hydroxylation is 2. The molecular weight excluding hydrogens is 356 g/mol. The molecule has 0 spiro atoms. The minimum absolute atomic E-state index is 0.335. The van der Waals surface area contributed by atoms with Gasteiger partial charge in [-0.2, -0.15) is 5.10 Å². The van der Waals surface area contributed by atoms with Gasteiger partial charge in [0.2, 0.25) is 5.96 Å². The van der Waals surface area contributed by atoms with Gasteiger partial charge < -0.3 is 9.80 Å². The summed E-state index contributed by atoms with van der Waals surface area (Å²) in [7, 11) is 1.66. The van der Waals surface area contributed by atoms with E-state index in [4.69, 9.17) is 4.99 Å². The number of aliphatic imine (C=N–C) groups is 1. The molecule has 0 aliphatic carbocycles. The number of nitrogens with one attached hydrogen (secondary N) is 1. The van der Waals surface area contributed by atoms with Gasteiger partial charge in [0.1, 0.15) is 0 Å². The van der Waals surface area contributed by atoms with Crippen molar-refractivity contribution in [1.82, 2.24) is 24.9 Å². The van der Waals surface area contributed by atoms with Crippen LogP contribution in [-0.2, 0) is 11.3 Å². The van der Waals surface area contributed by atoms with Crippen LogP contribution in [0, 0.1) is 27.7 Å². The summed E-state index contributed by atoms with van der Waals surface area (Å²) in [5, 5.41) is 7.07. The highest BCUT2D eigenvalue weighted by molar-refractivity contribution is 6.04. The van der Waals surface area contributed by atoms with Gasteiger partial charge in [0.05, 0.1) is 5.69 Å². The van der Waals surface area contributed by atoms with E-state index in [0.29, 0.717) is 12.5 Å². The molecule has 1 fully saturated rings. The number of carbonyl (C=O) groups excluding carboxylic acids is 2. The Morgan fingerprint density at radius 1 is 1.14 bits per heavy atom. The van der Waals surface area contributed by atoms with Crippen molar-refractivity contribution in [3.05, 3.63) is 52.3 Å². The highest BCUT2D eigenvalue weighted by Gasteiger charge is 2.49. The van der Waals surface area contributed by atoms with Gasteiger partial charge in [-0.05, 0) is 38.8 Å². The van der Waals surface area contributed by atoms with Crippen molar-refractivity contribution in [2.45, 2.75) is 46.4 Å². The molecule has 2 aliphatic heterocycles. The first-order chi connectivity index (χ1) is 13.3. The number of benzene rings is 1. The first-order valence-electron chi connectivity index (χ1n) is 9.28. The van der Waals surface area contributed by atoms with Gasteiger partial charge in [-0.15, -0.1) is 0 Å². The Kier molecular flexibility index (Phi) is 4.21. The Morgan fingerprint density at radius 3 is 2.54 bits per heavy atom. The molecule has 1 aromatic heterocycles. The van der Waals surface area contributed by atoms with Crippen molar-refractivity contribution >= 4 is 17.9 Å². The zero-order chi connectivity index (χ0) is 20.2. The van der Waals surface area contributed by atoms with Crippen LogP contribution in [0.3, 0.4) is 0 Å². The number of rotatable bonds is 2. The fourth-order valence-electron chi connectivity index (χ4n) is 3.78. The molecule has 2 unspecified atom stereocenters. The Morgan fingerprint density at radius 2 is 1.89 bits per heavy atom. The summed E-state index contributed by atoms with van der Waals surface area (Å²) >= 11 is 0. The second-order valence-corrected chi connectivity index (χ2v) is 7.52. The van der Waals surface area contributed by atoms with Crippen LogP contribution in [0.25, 0.3) is 0 Å². The average Bonchev–Trinajstić information content (AvgIpc) is 3.13. The maximum absolute atomic E-state index is 12.7. The van der Waals surface area contributed by atoms with Crippen LogP contribution in [0.5, 0.6) is 0 Å². The van der Waals surface area contributed by atoms with E-state index in [1.807, 2.05) is 50.8 Å². The highest BCUT2D eigenvalue weighted by atomic mass is 16.2. The molecule has 2 aliphatic rings. The third kappa shape index (κ3) is 2.76. The number of urea groups is 1. The molecule has 0 bridgehead atoms. The fraction of sp³-hybridized carbons (Fsp3) is 0.400. The van der Waals surface area contributed by atoms with E-state index in [1.165, 1.54) is 4.90 Å². The lowest BCUT2D eigenvalue weighted by molar-refractivity contribution is -0.127. The molecule has 1 N–H and O–H groups in total. The number of fused-ring (bicyclic) bond motifs is 1. The number of nitrogens with zero attached hydrogens (tertiary/aromatic N) is 5. The van der Waals surface area contributed by atoms with Crippen molar-refractivity contribution < 1.29 is 9.59 Å². The highest BCUT2D eigenvalue weighted by Crippen LogP contribution is 2.27. The SMILES string of the molecule is Cc1cccc(CN2C(n3nc(C)c(C)c3C)=NC3C2C(=O)NC(=O)N3C)c1. The van der Waals surface area contributed by atoms with Gasteiger partial charge in [0, 0.05) is 19.3 Å². The zero-order valence-electron chi connectivity index (χ0n) is 16.7. The van der Waals surface area contributed by atoms with Crippen molar-refractivity contribution in [2.75, 3.05) is 7.05 Å². The van der Waals surface area contributed by atoms with E-state index in [9.17, 15) is 9.59 Å². The Balaban J connectivity index is 1.81. The Labute approximate surface area is 163 Å². The topological polar surface area (TPSA) is 82.8 Å². The van der Waals surface area contributed by atoms with Crippen LogP contribution in [-0.4, -0.2) is 56.7 Å². The molecule has 1 aromatic carbocycles. The Bertz CT molecular complexity index is 1010. The van der Waals surface area contributed by atoms with Crippen LogP contribution < -0.4 is 5.32 Å². The summed E-state index contributed by atoms with van der Waals surface area (Å²) in [5.41, 5.74) is 5.19. The van der Waals surface area contributed by atoms with Gasteiger partial charge in [-0.1, -0.05) is 29.8 Å². The van der Waals surface area contributed by atoms with E-state index in [2.05, 4.69) is 16.5 Å². The average molecular weight is 380 g/mol. The normalized spacial score (nSPS) is 21.7. The number of likely N-dealkylation sites (N-methyl/N-ethyl adjacent to an activating group) is 1. The molecule has 8 heteroatoms. The molecule has 3 heterocycles. The standard InChI is InChI=1S/C20H24N6O2/c1-11-7-6-8-15(9-11)10-25-16-17(24(5)20(28)22-18(16)27)21-19(25)26-14(4)12(2)13(3)23-26/h6-9,16-17H,10H2,1-5H3,(H,22,27,28). The molecule has 2 aromatic rings. The summed E-state index contributed by atoms with van der Waals surface area (Å²) in [6.45, 7) is 8.49. The largest absolute Gasteiger partial charge is 0.325 e. The van der Waals surface area contributed by atoms with E-state index in [-0.39, 0.29) is 5.91 Å². The Hall–Kier alpha value is -3.16. The van der Waals surface area contributed by atoms with Gasteiger partial charge in [-0.3, -0.25) is 10.1 Å². The minimum atomic E-state index is -0.595. The van der Waals surface area contributed by atoms with Crippen LogP contribution in [0.4, 0.5) is 4.79 Å². The molecule has 3 amide bonds. The first kappa shape index (κ1) is 18.2.